The first kappa shape index (κ1) is 29.6. The smallest absolute Gasteiger partial charge is 0.337 e. The second-order valence-electron chi connectivity index (χ2n) is 10.9. The second kappa shape index (κ2) is 12.8. The fraction of sp³-hybridized carbons (Fsp3) is 0.387. The van der Waals surface area contributed by atoms with Crippen molar-refractivity contribution >= 4 is 34.4 Å². The first-order chi connectivity index (χ1) is 18.4. The highest BCUT2D eigenvalue weighted by molar-refractivity contribution is 5.96. The van der Waals surface area contributed by atoms with E-state index in [4.69, 9.17) is 9.47 Å². The van der Waals surface area contributed by atoms with Gasteiger partial charge in [0.15, 0.2) is 11.9 Å². The molecular formula is C31H38N2O6. The number of rotatable bonds is 9. The number of ether oxygens (including phenoxy) is 2. The normalized spacial score (nSPS) is 12.2. The lowest BCUT2D eigenvalue weighted by Crippen LogP contribution is -2.46. The summed E-state index contributed by atoms with van der Waals surface area (Å²) in [6.07, 6.45) is -1.36. The van der Waals surface area contributed by atoms with Crippen LogP contribution in [0, 0.1) is 5.92 Å². The quantitative estimate of drug-likeness (QED) is 0.257. The SMILES string of the molecule is CCC(=O)Oc1c(NC(=O)N(CC(C)C)CC(O)C(=O)OC(C)(C)C)cccc1-c1ccc2ccccc2c1. The number of hydrogen-bond acceptors (Lipinski definition) is 6. The molecule has 0 heterocycles. The molecule has 0 saturated carbocycles. The molecule has 8 nitrogen and oxygen atoms in total. The van der Waals surface area contributed by atoms with E-state index < -0.39 is 29.7 Å². The molecular weight excluding hydrogens is 496 g/mol. The number of amides is 2. The van der Waals surface area contributed by atoms with Gasteiger partial charge in [-0.3, -0.25) is 4.79 Å². The average molecular weight is 535 g/mol. The number of nitrogens with zero attached hydrogens (tertiary/aromatic N) is 1. The molecule has 0 aliphatic carbocycles. The summed E-state index contributed by atoms with van der Waals surface area (Å²) in [5, 5.41) is 15.4. The molecule has 0 radical (unpaired) electrons. The van der Waals surface area contributed by atoms with E-state index in [0.29, 0.717) is 11.3 Å². The first-order valence-electron chi connectivity index (χ1n) is 13.2. The Balaban J connectivity index is 1.94. The van der Waals surface area contributed by atoms with E-state index >= 15 is 0 Å². The number of benzene rings is 3. The topological polar surface area (TPSA) is 105 Å². The standard InChI is InChI=1S/C31H38N2O6/c1-7-27(35)38-28-24(23-16-15-21-11-8-9-12-22(21)17-23)13-10-14-25(28)32-30(37)33(18-20(2)3)19-26(34)29(36)39-31(4,5)6/h8-17,20,26,34H,7,18-19H2,1-6H3,(H,32,37). The summed E-state index contributed by atoms with van der Waals surface area (Å²) >= 11 is 0. The van der Waals surface area contributed by atoms with Crippen LogP contribution in [0.3, 0.4) is 0 Å². The number of nitrogens with one attached hydrogen (secondary N) is 1. The number of hydrogen-bond donors (Lipinski definition) is 2. The van der Waals surface area contributed by atoms with Crippen molar-refractivity contribution in [3.63, 3.8) is 0 Å². The van der Waals surface area contributed by atoms with E-state index in [0.717, 1.165) is 16.3 Å². The van der Waals surface area contributed by atoms with Gasteiger partial charge < -0.3 is 24.8 Å². The molecule has 0 fully saturated rings. The minimum absolute atomic E-state index is 0.0583. The lowest BCUT2D eigenvalue weighted by atomic mass is 10.00. The molecule has 1 atom stereocenters. The molecule has 2 amide bonds. The van der Waals surface area contributed by atoms with E-state index in [1.165, 1.54) is 4.90 Å². The van der Waals surface area contributed by atoms with Crippen LogP contribution in [0.15, 0.2) is 60.7 Å². The Hall–Kier alpha value is -3.91. The maximum Gasteiger partial charge on any atom is 0.337 e. The van der Waals surface area contributed by atoms with Crippen LogP contribution in [-0.4, -0.2) is 52.8 Å². The highest BCUT2D eigenvalue weighted by atomic mass is 16.6. The number of fused-ring (bicyclic) bond motifs is 1. The van der Waals surface area contributed by atoms with Crippen molar-refractivity contribution in [2.24, 2.45) is 5.92 Å². The summed E-state index contributed by atoms with van der Waals surface area (Å²) < 4.78 is 11.0. The number of urea groups is 1. The third-order valence-corrected chi connectivity index (χ3v) is 5.77. The molecule has 0 aliphatic heterocycles. The molecule has 3 aromatic carbocycles. The Kier molecular flexibility index (Phi) is 9.70. The molecule has 0 spiro atoms. The maximum atomic E-state index is 13.4. The zero-order valence-electron chi connectivity index (χ0n) is 23.5. The van der Waals surface area contributed by atoms with Crippen LogP contribution in [0.2, 0.25) is 0 Å². The first-order valence-corrected chi connectivity index (χ1v) is 13.2. The average Bonchev–Trinajstić information content (AvgIpc) is 2.87. The molecule has 0 bridgehead atoms. The Morgan fingerprint density at radius 2 is 1.64 bits per heavy atom. The molecule has 0 aromatic heterocycles. The number of carbonyl (C=O) groups is 3. The Morgan fingerprint density at radius 3 is 2.28 bits per heavy atom. The van der Waals surface area contributed by atoms with Gasteiger partial charge in [-0.2, -0.15) is 0 Å². The summed E-state index contributed by atoms with van der Waals surface area (Å²) in [7, 11) is 0. The van der Waals surface area contributed by atoms with Crippen molar-refractivity contribution in [2.45, 2.75) is 59.7 Å². The number of aliphatic hydroxyl groups is 1. The lowest BCUT2D eigenvalue weighted by molar-refractivity contribution is -0.165. The summed E-state index contributed by atoms with van der Waals surface area (Å²) in [4.78, 5) is 39.6. The van der Waals surface area contributed by atoms with Crippen LogP contribution in [0.25, 0.3) is 21.9 Å². The Labute approximate surface area is 229 Å². The number of carbonyl (C=O) groups excluding carboxylic acids is 3. The van der Waals surface area contributed by atoms with Crippen molar-refractivity contribution in [2.75, 3.05) is 18.4 Å². The van der Waals surface area contributed by atoms with Crippen molar-refractivity contribution in [1.29, 1.82) is 0 Å². The van der Waals surface area contributed by atoms with Gasteiger partial charge in [-0.15, -0.1) is 0 Å². The van der Waals surface area contributed by atoms with E-state index in [9.17, 15) is 19.5 Å². The molecule has 0 saturated heterocycles. The molecule has 3 rings (SSSR count). The largest absolute Gasteiger partial charge is 0.458 e. The van der Waals surface area contributed by atoms with E-state index in [2.05, 4.69) is 5.32 Å². The predicted octanol–water partition coefficient (Wildman–Crippen LogP) is 6.01. The molecule has 8 heteroatoms. The van der Waals surface area contributed by atoms with Crippen LogP contribution in [-0.2, 0) is 14.3 Å². The van der Waals surface area contributed by atoms with Gasteiger partial charge in [-0.1, -0.05) is 69.3 Å². The minimum atomic E-state index is -1.52. The van der Waals surface area contributed by atoms with Crippen LogP contribution in [0.1, 0.15) is 48.0 Å². The van der Waals surface area contributed by atoms with Crippen LogP contribution < -0.4 is 10.1 Å². The fourth-order valence-electron chi connectivity index (χ4n) is 4.04. The highest BCUT2D eigenvalue weighted by Crippen LogP contribution is 2.38. The third kappa shape index (κ3) is 8.29. The van der Waals surface area contributed by atoms with Gasteiger partial charge in [0.2, 0.25) is 0 Å². The minimum Gasteiger partial charge on any atom is -0.458 e. The van der Waals surface area contributed by atoms with Gasteiger partial charge >= 0.3 is 18.0 Å². The van der Waals surface area contributed by atoms with Gasteiger partial charge in [-0.05, 0) is 55.2 Å². The Bertz CT molecular complexity index is 1330. The molecule has 1 unspecified atom stereocenters. The van der Waals surface area contributed by atoms with Gasteiger partial charge in [0.25, 0.3) is 0 Å². The maximum absolute atomic E-state index is 13.4. The number of esters is 2. The fourth-order valence-corrected chi connectivity index (χ4v) is 4.04. The molecule has 2 N–H and O–H groups in total. The molecule has 3 aromatic rings. The van der Waals surface area contributed by atoms with Crippen LogP contribution >= 0.6 is 0 Å². The van der Waals surface area contributed by atoms with E-state index in [-0.39, 0.29) is 31.2 Å². The summed E-state index contributed by atoms with van der Waals surface area (Å²) in [5.41, 5.74) is 0.991. The molecule has 208 valence electrons. The van der Waals surface area contributed by atoms with Gasteiger partial charge in [0.05, 0.1) is 12.2 Å². The number of aliphatic hydroxyl groups excluding tert-OH is 1. The van der Waals surface area contributed by atoms with E-state index in [1.807, 2.05) is 62.4 Å². The number of para-hydroxylation sites is 1. The number of anilines is 1. The lowest BCUT2D eigenvalue weighted by Gasteiger charge is -2.28. The highest BCUT2D eigenvalue weighted by Gasteiger charge is 2.28. The summed E-state index contributed by atoms with van der Waals surface area (Å²) in [6, 6.07) is 18.6. The predicted molar refractivity (Wildman–Crippen MR) is 153 cm³/mol. The summed E-state index contributed by atoms with van der Waals surface area (Å²) in [5.74, 6) is -0.967. The van der Waals surface area contributed by atoms with Gasteiger partial charge in [0, 0.05) is 18.5 Å². The van der Waals surface area contributed by atoms with E-state index in [1.54, 1.807) is 39.8 Å². The monoisotopic (exact) mass is 534 g/mol. The second-order valence-corrected chi connectivity index (χ2v) is 10.9. The molecule has 0 aliphatic rings. The zero-order valence-corrected chi connectivity index (χ0v) is 23.5. The summed E-state index contributed by atoms with van der Waals surface area (Å²) in [6.45, 7) is 10.7. The Morgan fingerprint density at radius 1 is 0.949 bits per heavy atom. The van der Waals surface area contributed by atoms with Crippen molar-refractivity contribution in [3.05, 3.63) is 60.7 Å². The van der Waals surface area contributed by atoms with Crippen molar-refractivity contribution < 1.29 is 29.0 Å². The van der Waals surface area contributed by atoms with Crippen molar-refractivity contribution in [1.82, 2.24) is 4.90 Å². The third-order valence-electron chi connectivity index (χ3n) is 5.77. The van der Waals surface area contributed by atoms with Crippen LogP contribution in [0.5, 0.6) is 5.75 Å². The zero-order chi connectivity index (χ0) is 28.7. The van der Waals surface area contributed by atoms with Gasteiger partial charge in [0.1, 0.15) is 5.60 Å². The van der Waals surface area contributed by atoms with Gasteiger partial charge in [-0.25, -0.2) is 9.59 Å². The van der Waals surface area contributed by atoms with Crippen LogP contribution in [0.4, 0.5) is 10.5 Å². The van der Waals surface area contributed by atoms with Crippen molar-refractivity contribution in [3.8, 4) is 16.9 Å². The molecule has 39 heavy (non-hydrogen) atoms.